The van der Waals surface area contributed by atoms with E-state index in [2.05, 4.69) is 39.8 Å². The third-order valence-corrected chi connectivity index (χ3v) is 10.5. The van der Waals surface area contributed by atoms with Gasteiger partial charge in [-0.25, -0.2) is 0 Å². The summed E-state index contributed by atoms with van der Waals surface area (Å²) >= 11 is 0. The number of carbonyl (C=O) groups excluding carboxylic acids is 1. The Morgan fingerprint density at radius 1 is 1.00 bits per heavy atom. The number of hydrogen-bond acceptors (Lipinski definition) is 6. The SMILES string of the molecule is CC(=O)OC1=CC2[C@](C)(COS(=O)(=O)c3ccc(C)cc3)CCC[C@]2(C)c2cc(OCc3ccccc3)c(C(C)C)cc21. The molecular weight excluding hydrogens is 560 g/mol. The molecule has 1 saturated carbocycles. The number of ether oxygens (including phenoxy) is 2. The summed E-state index contributed by atoms with van der Waals surface area (Å²) in [6, 6.07) is 21.0. The predicted molar refractivity (Wildman–Crippen MR) is 168 cm³/mol. The molecule has 0 heterocycles. The lowest BCUT2D eigenvalue weighted by molar-refractivity contribution is -0.134. The van der Waals surface area contributed by atoms with E-state index in [1.54, 1.807) is 24.3 Å². The Balaban J connectivity index is 1.55. The van der Waals surface area contributed by atoms with E-state index in [1.165, 1.54) is 6.92 Å². The first-order valence-corrected chi connectivity index (χ1v) is 16.4. The molecule has 0 aromatic heterocycles. The highest BCUT2D eigenvalue weighted by molar-refractivity contribution is 7.86. The first-order valence-electron chi connectivity index (χ1n) is 15.0. The minimum absolute atomic E-state index is 0.0179. The largest absolute Gasteiger partial charge is 0.489 e. The van der Waals surface area contributed by atoms with E-state index < -0.39 is 21.5 Å². The fourth-order valence-corrected chi connectivity index (χ4v) is 7.87. The third-order valence-electron chi connectivity index (χ3n) is 9.20. The van der Waals surface area contributed by atoms with Gasteiger partial charge in [-0.2, -0.15) is 8.42 Å². The maximum absolute atomic E-state index is 13.2. The molecule has 3 aromatic rings. The maximum atomic E-state index is 13.2. The van der Waals surface area contributed by atoms with Gasteiger partial charge in [0.25, 0.3) is 10.1 Å². The highest BCUT2D eigenvalue weighted by atomic mass is 32.2. The number of benzene rings is 3. The van der Waals surface area contributed by atoms with Crippen LogP contribution in [0.5, 0.6) is 5.75 Å². The molecular formula is C36H42O6S. The van der Waals surface area contributed by atoms with Gasteiger partial charge in [0.15, 0.2) is 0 Å². The summed E-state index contributed by atoms with van der Waals surface area (Å²) in [5.41, 5.74) is 4.15. The summed E-state index contributed by atoms with van der Waals surface area (Å²) in [7, 11) is -3.95. The second-order valence-electron chi connectivity index (χ2n) is 12.9. The molecule has 0 spiro atoms. The van der Waals surface area contributed by atoms with Crippen molar-refractivity contribution in [3.8, 4) is 5.75 Å². The van der Waals surface area contributed by atoms with Gasteiger partial charge >= 0.3 is 5.97 Å². The van der Waals surface area contributed by atoms with Crippen molar-refractivity contribution < 1.29 is 26.9 Å². The van der Waals surface area contributed by atoms with E-state index in [1.807, 2.05) is 43.3 Å². The van der Waals surface area contributed by atoms with Crippen LogP contribution in [-0.4, -0.2) is 21.0 Å². The van der Waals surface area contributed by atoms with Crippen LogP contribution in [0.15, 0.2) is 77.7 Å². The number of allylic oxidation sites excluding steroid dienone is 1. The van der Waals surface area contributed by atoms with Crippen LogP contribution in [0, 0.1) is 18.3 Å². The van der Waals surface area contributed by atoms with E-state index in [-0.39, 0.29) is 28.8 Å². The van der Waals surface area contributed by atoms with Gasteiger partial charge in [0.2, 0.25) is 0 Å². The van der Waals surface area contributed by atoms with Gasteiger partial charge in [-0.15, -0.1) is 0 Å². The average Bonchev–Trinajstić information content (AvgIpc) is 2.96. The Morgan fingerprint density at radius 3 is 2.35 bits per heavy atom. The zero-order valence-corrected chi connectivity index (χ0v) is 26.8. The first kappa shape index (κ1) is 31.0. The van der Waals surface area contributed by atoms with Crippen molar-refractivity contribution in [1.82, 2.24) is 0 Å². The van der Waals surface area contributed by atoms with Crippen LogP contribution in [0.4, 0.5) is 0 Å². The molecule has 1 fully saturated rings. The van der Waals surface area contributed by atoms with Gasteiger partial charge in [0, 0.05) is 17.9 Å². The molecule has 5 rings (SSSR count). The zero-order valence-electron chi connectivity index (χ0n) is 26.0. The van der Waals surface area contributed by atoms with Gasteiger partial charge in [0.05, 0.1) is 11.5 Å². The minimum Gasteiger partial charge on any atom is -0.489 e. The number of esters is 1. The van der Waals surface area contributed by atoms with Crippen molar-refractivity contribution in [2.75, 3.05) is 6.61 Å². The molecule has 2 aliphatic rings. The van der Waals surface area contributed by atoms with Crippen LogP contribution in [0.25, 0.3) is 5.76 Å². The highest BCUT2D eigenvalue weighted by Crippen LogP contribution is 2.58. The van der Waals surface area contributed by atoms with Crippen molar-refractivity contribution in [3.63, 3.8) is 0 Å². The number of rotatable bonds is 9. The van der Waals surface area contributed by atoms with Crippen LogP contribution >= 0.6 is 0 Å². The van der Waals surface area contributed by atoms with E-state index in [4.69, 9.17) is 13.7 Å². The molecule has 0 saturated heterocycles. The normalized spacial score (nSPS) is 23.2. The lowest BCUT2D eigenvalue weighted by Gasteiger charge is -2.53. The quantitative estimate of drug-likeness (QED) is 0.182. The van der Waals surface area contributed by atoms with Crippen LogP contribution in [0.1, 0.15) is 87.6 Å². The monoisotopic (exact) mass is 602 g/mol. The standard InChI is InChI=1S/C36H42O6S/c1-24(2)29-19-30-31(20-32(29)40-22-27-11-8-7-9-12-27)36(6)18-10-17-35(5,34(36)21-33(30)42-26(4)37)23-41-43(38,39)28-15-13-25(3)14-16-28/h7-9,11-16,19-21,24,34H,10,17-18,22-23H2,1-6H3/t34?,35-,36+/m0/s1. The van der Waals surface area contributed by atoms with Gasteiger partial charge in [0.1, 0.15) is 18.1 Å². The van der Waals surface area contributed by atoms with Gasteiger partial charge in [-0.3, -0.25) is 8.98 Å². The molecule has 7 heteroatoms. The van der Waals surface area contributed by atoms with E-state index >= 15 is 0 Å². The van der Waals surface area contributed by atoms with E-state index in [0.717, 1.165) is 52.8 Å². The minimum atomic E-state index is -3.95. The number of carbonyl (C=O) groups is 1. The van der Waals surface area contributed by atoms with Crippen molar-refractivity contribution in [1.29, 1.82) is 0 Å². The molecule has 0 radical (unpaired) electrons. The Hall–Kier alpha value is -3.42. The molecule has 43 heavy (non-hydrogen) atoms. The lowest BCUT2D eigenvalue weighted by atomic mass is 9.51. The summed E-state index contributed by atoms with van der Waals surface area (Å²) in [4.78, 5) is 12.5. The number of aryl methyl sites for hydroxylation is 1. The van der Waals surface area contributed by atoms with Gasteiger partial charge in [-0.05, 0) is 84.0 Å². The molecule has 3 aromatic carbocycles. The first-order chi connectivity index (χ1) is 20.3. The topological polar surface area (TPSA) is 78.9 Å². The van der Waals surface area contributed by atoms with Crippen LogP contribution < -0.4 is 4.74 Å². The number of fused-ring (bicyclic) bond motifs is 3. The van der Waals surface area contributed by atoms with Crippen molar-refractivity contribution >= 4 is 21.8 Å². The predicted octanol–water partition coefficient (Wildman–Crippen LogP) is 8.08. The van der Waals surface area contributed by atoms with Crippen molar-refractivity contribution in [2.24, 2.45) is 11.3 Å². The Morgan fingerprint density at radius 2 is 1.70 bits per heavy atom. The summed E-state index contributed by atoms with van der Waals surface area (Å²) < 4.78 is 44.5. The Kier molecular flexibility index (Phi) is 8.61. The molecule has 0 amide bonds. The molecule has 1 unspecified atom stereocenters. The summed E-state index contributed by atoms with van der Waals surface area (Å²) in [5.74, 6) is 0.961. The second-order valence-corrected chi connectivity index (χ2v) is 14.5. The van der Waals surface area contributed by atoms with Gasteiger partial charge < -0.3 is 9.47 Å². The number of hydrogen-bond donors (Lipinski definition) is 0. The molecule has 228 valence electrons. The second kappa shape index (κ2) is 11.9. The Bertz CT molecular complexity index is 1620. The van der Waals surface area contributed by atoms with Gasteiger partial charge in [-0.1, -0.05) is 82.1 Å². The molecule has 3 atom stereocenters. The molecule has 6 nitrogen and oxygen atoms in total. The molecule has 2 aliphatic carbocycles. The average molecular weight is 603 g/mol. The summed E-state index contributed by atoms with van der Waals surface area (Å²) in [5, 5.41) is 0. The van der Waals surface area contributed by atoms with Crippen LogP contribution in [0.2, 0.25) is 0 Å². The molecule has 0 N–H and O–H groups in total. The maximum Gasteiger partial charge on any atom is 0.308 e. The summed E-state index contributed by atoms with van der Waals surface area (Å²) in [6.45, 7) is 12.4. The lowest BCUT2D eigenvalue weighted by Crippen LogP contribution is -2.49. The smallest absolute Gasteiger partial charge is 0.308 e. The molecule has 0 aliphatic heterocycles. The van der Waals surface area contributed by atoms with Crippen molar-refractivity contribution in [3.05, 3.63) is 101 Å². The zero-order chi connectivity index (χ0) is 31.0. The fraction of sp³-hybridized carbons (Fsp3) is 0.417. The van der Waals surface area contributed by atoms with Crippen molar-refractivity contribution in [2.45, 2.75) is 83.6 Å². The fourth-order valence-electron chi connectivity index (χ4n) is 6.84. The summed E-state index contributed by atoms with van der Waals surface area (Å²) in [6.07, 6.45) is 4.62. The van der Waals surface area contributed by atoms with Crippen LogP contribution in [-0.2, 0) is 35.9 Å². The highest BCUT2D eigenvalue weighted by Gasteiger charge is 2.53. The van der Waals surface area contributed by atoms with E-state index in [9.17, 15) is 13.2 Å². The Labute approximate surface area is 256 Å². The molecule has 0 bridgehead atoms. The van der Waals surface area contributed by atoms with E-state index in [0.29, 0.717) is 12.4 Å². The van der Waals surface area contributed by atoms with Crippen LogP contribution in [0.3, 0.4) is 0 Å². The third kappa shape index (κ3) is 6.29.